The van der Waals surface area contributed by atoms with E-state index in [-0.39, 0.29) is 23.0 Å². The van der Waals surface area contributed by atoms with Crippen molar-refractivity contribution in [1.82, 2.24) is 14.7 Å². The lowest BCUT2D eigenvalue weighted by Crippen LogP contribution is -2.67. The summed E-state index contributed by atoms with van der Waals surface area (Å²) in [5.41, 5.74) is 5.84. The van der Waals surface area contributed by atoms with Gasteiger partial charge in [-0.1, -0.05) is 18.0 Å². The lowest BCUT2D eigenvalue weighted by Gasteiger charge is -2.53. The summed E-state index contributed by atoms with van der Waals surface area (Å²) in [7, 11) is -3.15. The maximum Gasteiger partial charge on any atom is 0.275 e. The lowest BCUT2D eigenvalue weighted by atomic mass is 9.88. The Morgan fingerprint density at radius 3 is 2.76 bits per heavy atom. The van der Waals surface area contributed by atoms with Gasteiger partial charge in [-0.25, -0.2) is 14.4 Å². The van der Waals surface area contributed by atoms with Gasteiger partial charge in [-0.2, -0.15) is 0 Å². The summed E-state index contributed by atoms with van der Waals surface area (Å²) in [5.74, 6) is -0.776. The Balaban J connectivity index is 1.78. The van der Waals surface area contributed by atoms with Crippen LogP contribution in [0, 0.1) is 12.7 Å². The van der Waals surface area contributed by atoms with Crippen LogP contribution in [0.15, 0.2) is 29.4 Å². The number of hydrogen-bond acceptors (Lipinski definition) is 6. The van der Waals surface area contributed by atoms with Crippen LogP contribution in [0.3, 0.4) is 0 Å². The number of aliphatic imine (C=N–C) groups is 1. The first kappa shape index (κ1) is 24.7. The molecule has 2 aliphatic heterocycles. The summed E-state index contributed by atoms with van der Waals surface area (Å²) in [5, 5.41) is 2.59. The number of rotatable bonds is 3. The number of nitrogens with zero attached hydrogens (tertiary/aromatic N) is 3. The Morgan fingerprint density at radius 1 is 1.32 bits per heavy atom. The van der Waals surface area contributed by atoms with Crippen molar-refractivity contribution >= 4 is 39.3 Å². The molecule has 0 aromatic carbocycles. The molecular formula is C23H30ClFN6O2S. The van der Waals surface area contributed by atoms with Crippen LogP contribution in [0.4, 0.5) is 10.2 Å². The summed E-state index contributed by atoms with van der Waals surface area (Å²) >= 11 is 5.93. The highest BCUT2D eigenvalue weighted by molar-refractivity contribution is 8.03. The molecule has 0 unspecified atom stereocenters. The molecule has 8 nitrogen and oxygen atoms in total. The molecule has 184 valence electrons. The van der Waals surface area contributed by atoms with Gasteiger partial charge in [0.15, 0.2) is 0 Å². The molecule has 4 heterocycles. The summed E-state index contributed by atoms with van der Waals surface area (Å²) in [4.78, 5) is 26.0. The van der Waals surface area contributed by atoms with E-state index in [9.17, 15) is 9.00 Å². The van der Waals surface area contributed by atoms with Gasteiger partial charge in [-0.15, -0.1) is 0 Å². The number of aromatic nitrogens is 2. The van der Waals surface area contributed by atoms with Gasteiger partial charge in [-0.3, -0.25) is 18.7 Å². The number of amidine groups is 1. The fourth-order valence-corrected chi connectivity index (χ4v) is 8.81. The van der Waals surface area contributed by atoms with E-state index in [0.717, 1.165) is 12.8 Å². The smallest absolute Gasteiger partial charge is 0.275 e. The number of thiol groups is 1. The standard InChI is InChI=1S/C23H30ClFN6O2S/c1-13-11-14(24)12-27-18(13)20(32)30-17-9-8-15(25)19(29-17)23(4)16-7-5-6-10-28-34(16,33)22(2,3)21(26)31-23/h8-9,11-12,16,34H,5-7,10H2,1-4H3,(H2,26,31)(H,28,33)(H,29,30,32)/t16-,23+/m1/s1. The molecular weight excluding hydrogens is 479 g/mol. The van der Waals surface area contributed by atoms with Crippen LogP contribution in [-0.4, -0.2) is 42.5 Å². The Labute approximate surface area is 204 Å². The van der Waals surface area contributed by atoms with Crippen molar-refractivity contribution in [1.29, 1.82) is 0 Å². The van der Waals surface area contributed by atoms with Crippen molar-refractivity contribution in [3.63, 3.8) is 0 Å². The number of halogens is 2. The van der Waals surface area contributed by atoms with E-state index in [1.807, 2.05) is 13.8 Å². The minimum absolute atomic E-state index is 0.00142. The van der Waals surface area contributed by atoms with Crippen LogP contribution in [-0.2, 0) is 15.7 Å². The number of hydrogen-bond donors (Lipinski definition) is 4. The molecule has 0 radical (unpaired) electrons. The maximum absolute atomic E-state index is 15.3. The van der Waals surface area contributed by atoms with Gasteiger partial charge in [0.1, 0.15) is 34.4 Å². The Morgan fingerprint density at radius 2 is 2.06 bits per heavy atom. The molecule has 2 aromatic rings. The molecule has 1 fully saturated rings. The second kappa shape index (κ2) is 8.66. The fraction of sp³-hybridized carbons (Fsp3) is 0.478. The first-order chi connectivity index (χ1) is 15.9. The van der Waals surface area contributed by atoms with Crippen LogP contribution in [0.5, 0.6) is 0 Å². The molecule has 2 aliphatic rings. The predicted octanol–water partition coefficient (Wildman–Crippen LogP) is 3.27. The van der Waals surface area contributed by atoms with Crippen LogP contribution in [0.1, 0.15) is 61.8 Å². The molecule has 11 heteroatoms. The van der Waals surface area contributed by atoms with E-state index in [4.69, 9.17) is 22.3 Å². The third-order valence-electron chi connectivity index (χ3n) is 6.98. The van der Waals surface area contributed by atoms with Gasteiger partial charge < -0.3 is 11.1 Å². The summed E-state index contributed by atoms with van der Waals surface area (Å²) in [6, 6.07) is 4.23. The molecule has 0 aliphatic carbocycles. The molecule has 4 rings (SSSR count). The van der Waals surface area contributed by atoms with Crippen LogP contribution in [0.2, 0.25) is 5.02 Å². The minimum atomic E-state index is -3.15. The van der Waals surface area contributed by atoms with Crippen molar-refractivity contribution in [3.8, 4) is 0 Å². The number of amides is 1. The van der Waals surface area contributed by atoms with E-state index < -0.39 is 37.4 Å². The van der Waals surface area contributed by atoms with E-state index in [1.54, 1.807) is 19.9 Å². The number of fused-ring (bicyclic) bond motifs is 1. The number of nitrogens with two attached hydrogens (primary N) is 1. The van der Waals surface area contributed by atoms with Crippen LogP contribution < -0.4 is 15.8 Å². The first-order valence-corrected chi connectivity index (χ1v) is 13.4. The lowest BCUT2D eigenvalue weighted by molar-refractivity contribution is 0.102. The number of anilines is 1. The predicted molar refractivity (Wildman–Crippen MR) is 134 cm³/mol. The first-order valence-electron chi connectivity index (χ1n) is 11.2. The van der Waals surface area contributed by atoms with Crippen molar-refractivity contribution in [2.24, 2.45) is 10.7 Å². The van der Waals surface area contributed by atoms with Gasteiger partial charge in [0, 0.05) is 12.7 Å². The molecule has 4 N–H and O–H groups in total. The number of nitrogens with one attached hydrogen (secondary N) is 2. The second-order valence-corrected chi connectivity index (χ2v) is 13.4. The van der Waals surface area contributed by atoms with Crippen molar-refractivity contribution in [2.75, 3.05) is 11.9 Å². The van der Waals surface area contributed by atoms with Gasteiger partial charge in [-0.05, 0) is 74.4 Å². The molecule has 0 saturated carbocycles. The monoisotopic (exact) mass is 508 g/mol. The Bertz CT molecular complexity index is 1240. The Kier molecular flexibility index (Phi) is 6.28. The second-order valence-electron chi connectivity index (χ2n) is 9.58. The molecule has 0 spiro atoms. The van der Waals surface area contributed by atoms with E-state index in [2.05, 4.69) is 20.0 Å². The zero-order valence-corrected chi connectivity index (χ0v) is 21.3. The van der Waals surface area contributed by atoms with Crippen LogP contribution in [0.25, 0.3) is 0 Å². The topological polar surface area (TPSA) is 122 Å². The highest BCUT2D eigenvalue weighted by atomic mass is 35.5. The quantitative estimate of drug-likeness (QED) is 0.474. The van der Waals surface area contributed by atoms with E-state index in [1.165, 1.54) is 18.3 Å². The van der Waals surface area contributed by atoms with Crippen molar-refractivity contribution in [3.05, 3.63) is 52.2 Å². The number of pyridine rings is 2. The van der Waals surface area contributed by atoms with E-state index >= 15 is 4.39 Å². The zero-order valence-electron chi connectivity index (χ0n) is 19.7. The van der Waals surface area contributed by atoms with Gasteiger partial charge in [0.25, 0.3) is 5.91 Å². The van der Waals surface area contributed by atoms with E-state index in [0.29, 0.717) is 23.6 Å². The Hall–Kier alpha value is -2.43. The molecule has 0 bridgehead atoms. The van der Waals surface area contributed by atoms with Gasteiger partial charge in [0.2, 0.25) is 0 Å². The molecule has 2 atom stereocenters. The third kappa shape index (κ3) is 3.91. The number of aryl methyl sites for hydroxylation is 1. The molecule has 34 heavy (non-hydrogen) atoms. The van der Waals surface area contributed by atoms with Crippen LogP contribution >= 0.6 is 11.6 Å². The zero-order chi connectivity index (χ0) is 24.9. The maximum atomic E-state index is 15.3. The number of carbonyl (C=O) groups excluding carboxylic acids is 1. The fourth-order valence-electron chi connectivity index (χ4n) is 4.89. The highest BCUT2D eigenvalue weighted by Crippen LogP contribution is 2.47. The van der Waals surface area contributed by atoms with Gasteiger partial charge >= 0.3 is 0 Å². The third-order valence-corrected chi connectivity index (χ3v) is 11.4. The SMILES string of the molecule is Cc1cc(Cl)cnc1C(=O)Nc1ccc(F)c([C@@]2(C)N=C(N)C(C)(C)[SH]3(=O)NCCCC[C@H]23)n1. The average molecular weight is 509 g/mol. The van der Waals surface area contributed by atoms with Crippen molar-refractivity contribution < 1.29 is 13.4 Å². The highest BCUT2D eigenvalue weighted by Gasteiger charge is 2.57. The summed E-state index contributed by atoms with van der Waals surface area (Å²) < 4.78 is 32.0. The van der Waals surface area contributed by atoms with Gasteiger partial charge in [0.05, 0.1) is 15.0 Å². The largest absolute Gasteiger partial charge is 0.386 e. The summed E-state index contributed by atoms with van der Waals surface area (Å²) in [6.45, 7) is 7.68. The number of carbonyl (C=O) groups is 1. The van der Waals surface area contributed by atoms with Crippen molar-refractivity contribution in [2.45, 2.75) is 62.5 Å². The normalized spacial score (nSPS) is 26.5. The minimum Gasteiger partial charge on any atom is -0.386 e. The molecule has 2 aromatic heterocycles. The summed E-state index contributed by atoms with van der Waals surface area (Å²) in [6.07, 6.45) is 3.65. The molecule has 1 saturated heterocycles. The molecule has 1 amide bonds. The average Bonchev–Trinajstić information content (AvgIpc) is 2.97.